The van der Waals surface area contributed by atoms with Gasteiger partial charge in [-0.3, -0.25) is 4.79 Å². The van der Waals surface area contributed by atoms with E-state index in [-0.39, 0.29) is 11.7 Å². The lowest BCUT2D eigenvalue weighted by molar-refractivity contribution is -0.129. The number of rotatable bonds is 8. The van der Waals surface area contributed by atoms with E-state index >= 15 is 0 Å². The Bertz CT molecular complexity index is 973. The third kappa shape index (κ3) is 4.89. The molecule has 1 aliphatic rings. The van der Waals surface area contributed by atoms with Crippen molar-refractivity contribution in [3.8, 4) is 11.4 Å². The quantitative estimate of drug-likeness (QED) is 0.509. The number of halogens is 1. The van der Waals surface area contributed by atoms with Gasteiger partial charge in [0.1, 0.15) is 5.75 Å². The molecule has 0 atom stereocenters. The van der Waals surface area contributed by atoms with Gasteiger partial charge in [0, 0.05) is 17.6 Å². The van der Waals surface area contributed by atoms with Crippen LogP contribution < -0.4 is 4.74 Å². The van der Waals surface area contributed by atoms with E-state index in [0.717, 1.165) is 29.8 Å². The van der Waals surface area contributed by atoms with Gasteiger partial charge in [0.05, 0.1) is 18.6 Å². The van der Waals surface area contributed by atoms with Crippen LogP contribution in [0.3, 0.4) is 0 Å². The van der Waals surface area contributed by atoms with Crippen LogP contribution >= 0.6 is 23.4 Å². The smallest absolute Gasteiger partial charge is 0.233 e. The van der Waals surface area contributed by atoms with Gasteiger partial charge in [-0.15, -0.1) is 5.10 Å². The second kappa shape index (κ2) is 8.84. The second-order valence-corrected chi connectivity index (χ2v) is 8.12. The molecule has 1 heterocycles. The van der Waals surface area contributed by atoms with Gasteiger partial charge in [0.2, 0.25) is 11.1 Å². The Hall–Kier alpha value is -2.58. The molecule has 4 rings (SSSR count). The van der Waals surface area contributed by atoms with Crippen LogP contribution in [0.5, 0.6) is 5.75 Å². The number of benzene rings is 2. The van der Waals surface area contributed by atoms with Gasteiger partial charge in [0.25, 0.3) is 0 Å². The highest BCUT2D eigenvalue weighted by molar-refractivity contribution is 7.99. The monoisotopic (exact) mass is 429 g/mol. The van der Waals surface area contributed by atoms with Crippen LogP contribution in [0, 0.1) is 0 Å². The molecule has 0 aliphatic heterocycles. The minimum Gasteiger partial charge on any atom is -0.497 e. The van der Waals surface area contributed by atoms with Crippen LogP contribution in [-0.2, 0) is 11.3 Å². The van der Waals surface area contributed by atoms with Gasteiger partial charge in [-0.05, 0) is 65.2 Å². The molecular weight excluding hydrogens is 410 g/mol. The summed E-state index contributed by atoms with van der Waals surface area (Å²) in [7, 11) is 1.64. The molecule has 9 heteroatoms. The first-order valence-corrected chi connectivity index (χ1v) is 10.6. The van der Waals surface area contributed by atoms with E-state index in [4.69, 9.17) is 16.3 Å². The predicted octanol–water partition coefficient (Wildman–Crippen LogP) is 3.61. The zero-order valence-electron chi connectivity index (χ0n) is 15.9. The highest BCUT2D eigenvalue weighted by Gasteiger charge is 2.32. The minimum atomic E-state index is 0.0824. The zero-order chi connectivity index (χ0) is 20.2. The largest absolute Gasteiger partial charge is 0.497 e. The summed E-state index contributed by atoms with van der Waals surface area (Å²) in [4.78, 5) is 14.9. The number of hydrogen-bond donors (Lipinski definition) is 0. The molecule has 3 aromatic rings. The average Bonchev–Trinajstić information content (AvgIpc) is 3.48. The molecule has 1 fully saturated rings. The van der Waals surface area contributed by atoms with Crippen molar-refractivity contribution in [1.82, 2.24) is 25.1 Å². The lowest BCUT2D eigenvalue weighted by atomic mass is 10.2. The maximum Gasteiger partial charge on any atom is 0.233 e. The third-order valence-electron chi connectivity index (χ3n) is 4.66. The highest BCUT2D eigenvalue weighted by Crippen LogP contribution is 2.30. The van der Waals surface area contributed by atoms with E-state index in [0.29, 0.717) is 22.8 Å². The molecule has 0 spiro atoms. The van der Waals surface area contributed by atoms with Crippen molar-refractivity contribution in [2.24, 2.45) is 0 Å². The molecule has 0 radical (unpaired) electrons. The number of hydrogen-bond acceptors (Lipinski definition) is 6. The van der Waals surface area contributed by atoms with Gasteiger partial charge < -0.3 is 9.64 Å². The standard InChI is InChI=1S/C20H20ClN5O2S/c1-28-18-10-2-14(3-11-18)12-25(16-8-9-16)19(27)13-29-20-22-23-24-26(20)17-6-4-15(21)5-7-17/h2-7,10-11,16H,8-9,12-13H2,1H3. The first-order chi connectivity index (χ1) is 14.1. The van der Waals surface area contributed by atoms with Gasteiger partial charge in [-0.1, -0.05) is 35.5 Å². The fourth-order valence-electron chi connectivity index (χ4n) is 2.96. The zero-order valence-corrected chi connectivity index (χ0v) is 17.4. The number of thioether (sulfide) groups is 1. The lowest BCUT2D eigenvalue weighted by Gasteiger charge is -2.22. The number of carbonyl (C=O) groups is 1. The van der Waals surface area contributed by atoms with E-state index in [1.807, 2.05) is 41.3 Å². The summed E-state index contributed by atoms with van der Waals surface area (Å²) in [5.41, 5.74) is 1.88. The molecular formula is C20H20ClN5O2S. The van der Waals surface area contributed by atoms with Crippen molar-refractivity contribution in [1.29, 1.82) is 0 Å². The summed E-state index contributed by atoms with van der Waals surface area (Å²) in [5.74, 6) is 1.17. The van der Waals surface area contributed by atoms with Crippen LogP contribution in [0.15, 0.2) is 53.7 Å². The van der Waals surface area contributed by atoms with Crippen LogP contribution in [0.2, 0.25) is 5.02 Å². The average molecular weight is 430 g/mol. The van der Waals surface area contributed by atoms with E-state index in [2.05, 4.69) is 15.5 Å². The number of methoxy groups -OCH3 is 1. The lowest BCUT2D eigenvalue weighted by Crippen LogP contribution is -2.34. The van der Waals surface area contributed by atoms with Gasteiger partial charge in [-0.2, -0.15) is 4.68 Å². The Morgan fingerprint density at radius 1 is 1.21 bits per heavy atom. The Balaban J connectivity index is 1.41. The topological polar surface area (TPSA) is 73.1 Å². The fourth-order valence-corrected chi connectivity index (χ4v) is 3.86. The summed E-state index contributed by atoms with van der Waals surface area (Å²) < 4.78 is 6.81. The molecule has 2 aromatic carbocycles. The predicted molar refractivity (Wildman–Crippen MR) is 111 cm³/mol. The van der Waals surface area contributed by atoms with E-state index in [1.165, 1.54) is 11.8 Å². The van der Waals surface area contributed by atoms with Crippen molar-refractivity contribution < 1.29 is 9.53 Å². The van der Waals surface area contributed by atoms with E-state index < -0.39 is 0 Å². The molecule has 0 saturated heterocycles. The Labute approximate surface area is 178 Å². The molecule has 29 heavy (non-hydrogen) atoms. The number of aromatic nitrogens is 4. The SMILES string of the molecule is COc1ccc(CN(C(=O)CSc2nnnn2-c2ccc(Cl)cc2)C2CC2)cc1. The van der Waals surface area contributed by atoms with Gasteiger partial charge in [-0.25, -0.2) is 0 Å². The Kier molecular flexibility index (Phi) is 6.01. The summed E-state index contributed by atoms with van der Waals surface area (Å²) in [5, 5.41) is 13.0. The molecule has 1 amide bonds. The van der Waals surface area contributed by atoms with Crippen molar-refractivity contribution in [2.45, 2.75) is 30.6 Å². The number of carbonyl (C=O) groups excluding carboxylic acids is 1. The molecule has 150 valence electrons. The summed E-state index contributed by atoms with van der Waals surface area (Å²) in [6.07, 6.45) is 2.10. The van der Waals surface area contributed by atoms with Crippen LogP contribution in [0.4, 0.5) is 0 Å². The molecule has 0 bridgehead atoms. The maximum absolute atomic E-state index is 12.9. The molecule has 0 N–H and O–H groups in total. The second-order valence-electron chi connectivity index (χ2n) is 6.74. The van der Waals surface area contributed by atoms with Crippen molar-refractivity contribution in [3.63, 3.8) is 0 Å². The molecule has 1 saturated carbocycles. The summed E-state index contributed by atoms with van der Waals surface area (Å²) in [6, 6.07) is 15.4. The number of ether oxygens (including phenoxy) is 1. The Morgan fingerprint density at radius 3 is 2.59 bits per heavy atom. The summed E-state index contributed by atoms with van der Waals surface area (Å²) >= 11 is 7.28. The van der Waals surface area contributed by atoms with Crippen molar-refractivity contribution >= 4 is 29.3 Å². The number of nitrogens with zero attached hydrogens (tertiary/aromatic N) is 5. The first-order valence-electron chi connectivity index (χ1n) is 9.23. The third-order valence-corrected chi connectivity index (χ3v) is 5.81. The highest BCUT2D eigenvalue weighted by atomic mass is 35.5. The first kappa shape index (κ1) is 19.7. The van der Waals surface area contributed by atoms with Crippen LogP contribution in [-0.4, -0.2) is 49.9 Å². The fraction of sp³-hybridized carbons (Fsp3) is 0.300. The van der Waals surface area contributed by atoms with Crippen LogP contribution in [0.25, 0.3) is 5.69 Å². The maximum atomic E-state index is 12.9. The molecule has 1 aromatic heterocycles. The minimum absolute atomic E-state index is 0.0824. The van der Waals surface area contributed by atoms with Gasteiger partial charge in [0.15, 0.2) is 0 Å². The normalized spacial score (nSPS) is 13.3. The summed E-state index contributed by atoms with van der Waals surface area (Å²) in [6.45, 7) is 0.593. The molecule has 1 aliphatic carbocycles. The van der Waals surface area contributed by atoms with Gasteiger partial charge >= 0.3 is 0 Å². The molecule has 0 unspecified atom stereocenters. The van der Waals surface area contributed by atoms with Crippen LogP contribution in [0.1, 0.15) is 18.4 Å². The van der Waals surface area contributed by atoms with E-state index in [1.54, 1.807) is 23.9 Å². The van der Waals surface area contributed by atoms with Crippen molar-refractivity contribution in [3.05, 3.63) is 59.1 Å². The number of amides is 1. The van der Waals surface area contributed by atoms with E-state index in [9.17, 15) is 4.79 Å². The molecule has 7 nitrogen and oxygen atoms in total. The Morgan fingerprint density at radius 2 is 1.93 bits per heavy atom. The van der Waals surface area contributed by atoms with Crippen molar-refractivity contribution in [2.75, 3.05) is 12.9 Å². The number of tetrazole rings is 1.